The van der Waals surface area contributed by atoms with Crippen molar-refractivity contribution >= 4 is 13.6 Å². The Morgan fingerprint density at radius 1 is 0.955 bits per heavy atom. The van der Waals surface area contributed by atoms with Gasteiger partial charge in [-0.1, -0.05) is 48.5 Å². The largest absolute Gasteiger partial charge is 0.427 e. The molecular weight excluding hydrogens is 299 g/mol. The van der Waals surface area contributed by atoms with Crippen LogP contribution in [0.2, 0.25) is 0 Å². The number of hydrogen-bond donors (Lipinski definition) is 0. The van der Waals surface area contributed by atoms with Gasteiger partial charge in [0.25, 0.3) is 0 Å². The van der Waals surface area contributed by atoms with E-state index in [0.717, 1.165) is 5.56 Å². The molecule has 1 aliphatic heterocycles. The van der Waals surface area contributed by atoms with E-state index in [4.69, 9.17) is 4.52 Å². The van der Waals surface area contributed by atoms with Crippen LogP contribution in [0, 0.1) is 0 Å². The van der Waals surface area contributed by atoms with Crippen molar-refractivity contribution in [3.05, 3.63) is 66.2 Å². The molecule has 0 aliphatic carbocycles. The monoisotopic (exact) mass is 316 g/mol. The second kappa shape index (κ2) is 5.50. The fourth-order valence-electron chi connectivity index (χ4n) is 2.62. The van der Waals surface area contributed by atoms with Gasteiger partial charge in [0.2, 0.25) is 0 Å². The maximum Gasteiger partial charge on any atom is 0.373 e. The van der Waals surface area contributed by atoms with E-state index in [9.17, 15) is 9.36 Å². The van der Waals surface area contributed by atoms with E-state index in [0.29, 0.717) is 5.75 Å². The first-order valence-electron chi connectivity index (χ1n) is 6.94. The number of carbonyl (C=O) groups excluding carboxylic acids is 1. The number of benzene rings is 2. The van der Waals surface area contributed by atoms with E-state index >= 15 is 0 Å². The predicted octanol–water partition coefficient (Wildman–Crippen LogP) is 3.95. The molecular formula is C16H17N2O3P. The van der Waals surface area contributed by atoms with E-state index in [1.54, 1.807) is 31.3 Å². The maximum atomic E-state index is 13.5. The molecule has 2 amide bonds. The quantitative estimate of drug-likeness (QED) is 0.806. The number of hydrogen-bond acceptors (Lipinski definition) is 3. The van der Waals surface area contributed by atoms with E-state index in [2.05, 4.69) is 0 Å². The van der Waals surface area contributed by atoms with Gasteiger partial charge in [0.15, 0.2) is 5.78 Å². The van der Waals surface area contributed by atoms with Crippen LogP contribution >= 0.6 is 7.52 Å². The molecule has 22 heavy (non-hydrogen) atoms. The Labute approximate surface area is 129 Å². The molecule has 6 heteroatoms. The van der Waals surface area contributed by atoms with Crippen LogP contribution in [0.5, 0.6) is 5.75 Å². The number of rotatable bonds is 3. The lowest BCUT2D eigenvalue weighted by Gasteiger charge is -2.25. The summed E-state index contributed by atoms with van der Waals surface area (Å²) in [5, 5.41) is 0. The highest BCUT2D eigenvalue weighted by Gasteiger charge is 2.54. The third kappa shape index (κ3) is 2.28. The molecule has 0 spiro atoms. The molecule has 0 bridgehead atoms. The Bertz CT molecular complexity index is 721. The zero-order valence-electron chi connectivity index (χ0n) is 12.4. The molecule has 2 unspecified atom stereocenters. The van der Waals surface area contributed by atoms with Gasteiger partial charge in [0.05, 0.1) is 0 Å². The van der Waals surface area contributed by atoms with Gasteiger partial charge >= 0.3 is 13.6 Å². The Morgan fingerprint density at radius 2 is 1.50 bits per heavy atom. The van der Waals surface area contributed by atoms with Crippen molar-refractivity contribution in [2.45, 2.75) is 5.78 Å². The first-order chi connectivity index (χ1) is 10.5. The summed E-state index contributed by atoms with van der Waals surface area (Å²) in [5.74, 6) is -0.131. The predicted molar refractivity (Wildman–Crippen MR) is 84.8 cm³/mol. The number of para-hydroxylation sites is 1. The summed E-state index contributed by atoms with van der Waals surface area (Å²) < 4.78 is 20.5. The van der Waals surface area contributed by atoms with Gasteiger partial charge in [0, 0.05) is 14.1 Å². The second-order valence-electron chi connectivity index (χ2n) is 5.17. The minimum absolute atomic E-state index is 0.312. The highest BCUT2D eigenvalue weighted by molar-refractivity contribution is 7.58. The van der Waals surface area contributed by atoms with Crippen molar-refractivity contribution in [1.82, 2.24) is 9.57 Å². The smallest absolute Gasteiger partial charge is 0.373 e. The van der Waals surface area contributed by atoms with Crippen molar-refractivity contribution < 1.29 is 13.9 Å². The van der Waals surface area contributed by atoms with Gasteiger partial charge < -0.3 is 9.42 Å². The van der Waals surface area contributed by atoms with Gasteiger partial charge in [-0.3, -0.25) is 4.57 Å². The molecule has 5 nitrogen and oxygen atoms in total. The van der Waals surface area contributed by atoms with Gasteiger partial charge in [0.1, 0.15) is 5.75 Å². The molecule has 1 aliphatic rings. The Kier molecular flexibility index (Phi) is 3.67. The van der Waals surface area contributed by atoms with Crippen LogP contribution in [0.25, 0.3) is 0 Å². The lowest BCUT2D eigenvalue weighted by Crippen LogP contribution is -2.26. The topological polar surface area (TPSA) is 49.9 Å². The molecule has 0 radical (unpaired) electrons. The van der Waals surface area contributed by atoms with Crippen LogP contribution < -0.4 is 4.52 Å². The molecule has 1 heterocycles. The van der Waals surface area contributed by atoms with Crippen molar-refractivity contribution in [2.75, 3.05) is 14.1 Å². The van der Waals surface area contributed by atoms with E-state index in [1.807, 2.05) is 36.4 Å². The zero-order valence-corrected chi connectivity index (χ0v) is 13.3. The summed E-state index contributed by atoms with van der Waals surface area (Å²) in [6, 6.07) is 17.9. The maximum absolute atomic E-state index is 13.5. The second-order valence-corrected chi connectivity index (χ2v) is 7.57. The molecule has 114 valence electrons. The molecule has 1 fully saturated rings. The van der Waals surface area contributed by atoms with Crippen LogP contribution in [-0.2, 0) is 4.57 Å². The summed E-state index contributed by atoms with van der Waals surface area (Å²) in [7, 11) is -0.255. The molecule has 1 saturated heterocycles. The van der Waals surface area contributed by atoms with Crippen molar-refractivity contribution in [1.29, 1.82) is 0 Å². The number of urea groups is 1. The standard InChI is InChI=1S/C16H17N2O3P/c1-17-15(13-9-5-3-6-10-13)22(20,18(2)16(17)19)21-14-11-7-4-8-12-14/h3-12,15H,1-2H3. The molecule has 3 rings (SSSR count). The van der Waals surface area contributed by atoms with Gasteiger partial charge in [-0.05, 0) is 17.7 Å². The molecule has 0 aromatic heterocycles. The number of nitrogens with zero attached hydrogens (tertiary/aromatic N) is 2. The van der Waals surface area contributed by atoms with E-state index < -0.39 is 13.3 Å². The van der Waals surface area contributed by atoms with Crippen LogP contribution in [0.1, 0.15) is 11.3 Å². The Balaban J connectivity index is 2.05. The van der Waals surface area contributed by atoms with E-state index in [-0.39, 0.29) is 6.03 Å². The van der Waals surface area contributed by atoms with Gasteiger partial charge in [-0.2, -0.15) is 0 Å². The lowest BCUT2D eigenvalue weighted by molar-refractivity contribution is 0.202. The average molecular weight is 316 g/mol. The Hall–Kier alpha value is -2.26. The average Bonchev–Trinajstić information content (AvgIpc) is 2.70. The first-order valence-corrected chi connectivity index (χ1v) is 8.59. The fraction of sp³-hybridized carbons (Fsp3) is 0.188. The molecule has 2 aromatic rings. The first kappa shape index (κ1) is 14.7. The van der Waals surface area contributed by atoms with Crippen LogP contribution in [-0.4, -0.2) is 29.7 Å². The van der Waals surface area contributed by atoms with Crippen molar-refractivity contribution in [3.8, 4) is 5.75 Å². The summed E-state index contributed by atoms with van der Waals surface area (Å²) in [6.07, 6.45) is 0. The molecule has 2 atom stereocenters. The van der Waals surface area contributed by atoms with Crippen LogP contribution in [0.15, 0.2) is 60.7 Å². The minimum Gasteiger partial charge on any atom is -0.427 e. The van der Waals surface area contributed by atoms with E-state index in [1.165, 1.54) is 16.6 Å². The summed E-state index contributed by atoms with van der Waals surface area (Å²) in [4.78, 5) is 13.8. The summed E-state index contributed by atoms with van der Waals surface area (Å²) >= 11 is 0. The van der Waals surface area contributed by atoms with Crippen LogP contribution in [0.3, 0.4) is 0 Å². The van der Waals surface area contributed by atoms with Crippen molar-refractivity contribution in [2.24, 2.45) is 0 Å². The normalized spacial score (nSPS) is 24.6. The summed E-state index contributed by atoms with van der Waals surface area (Å²) in [6.45, 7) is 0. The molecule has 0 saturated carbocycles. The van der Waals surface area contributed by atoms with Crippen molar-refractivity contribution in [3.63, 3.8) is 0 Å². The number of carbonyl (C=O) groups is 1. The van der Waals surface area contributed by atoms with Gasteiger partial charge in [-0.15, -0.1) is 0 Å². The Morgan fingerprint density at radius 3 is 2.09 bits per heavy atom. The lowest BCUT2D eigenvalue weighted by atomic mass is 10.2. The highest BCUT2D eigenvalue weighted by Crippen LogP contribution is 2.66. The SMILES string of the molecule is CN1C(=O)N(C)P(=O)(Oc2ccccc2)C1c1ccccc1. The summed E-state index contributed by atoms with van der Waals surface area (Å²) in [5.41, 5.74) is 0.793. The highest BCUT2D eigenvalue weighted by atomic mass is 31.2. The number of amides is 2. The van der Waals surface area contributed by atoms with Crippen LogP contribution in [0.4, 0.5) is 4.79 Å². The molecule has 2 aromatic carbocycles. The zero-order chi connectivity index (χ0) is 15.7. The van der Waals surface area contributed by atoms with Gasteiger partial charge in [-0.25, -0.2) is 9.46 Å². The third-order valence-corrected chi connectivity index (χ3v) is 6.49. The minimum atomic E-state index is -3.42. The molecule has 0 N–H and O–H groups in total. The fourth-order valence-corrected chi connectivity index (χ4v) is 5.05. The third-order valence-electron chi connectivity index (χ3n) is 3.75.